The third-order valence-corrected chi connectivity index (χ3v) is 6.79. The normalized spacial score (nSPS) is 19.6. The minimum Gasteiger partial charge on any atom is -0.454 e. The smallest absolute Gasteiger partial charge is 0.231 e. The summed E-state index contributed by atoms with van der Waals surface area (Å²) in [7, 11) is -3.33. The third kappa shape index (κ3) is 2.89. The van der Waals surface area contributed by atoms with Crippen molar-refractivity contribution in [3.05, 3.63) is 59.2 Å². The molecule has 5 nitrogen and oxygen atoms in total. The van der Waals surface area contributed by atoms with Crippen LogP contribution in [0.15, 0.2) is 42.5 Å². The van der Waals surface area contributed by atoms with E-state index in [9.17, 15) is 8.42 Å². The molecule has 0 aromatic heterocycles. The quantitative estimate of drug-likeness (QED) is 0.842. The van der Waals surface area contributed by atoms with Gasteiger partial charge in [0.2, 0.25) is 16.8 Å². The van der Waals surface area contributed by atoms with Gasteiger partial charge in [0.05, 0.1) is 11.8 Å². The van der Waals surface area contributed by atoms with Crippen LogP contribution < -0.4 is 9.47 Å². The van der Waals surface area contributed by atoms with Crippen LogP contribution in [0.3, 0.4) is 0 Å². The lowest BCUT2D eigenvalue weighted by Gasteiger charge is -2.36. The first-order valence-electron chi connectivity index (χ1n) is 8.57. The highest BCUT2D eigenvalue weighted by molar-refractivity contribution is 7.89. The lowest BCUT2D eigenvalue weighted by molar-refractivity contribution is 0.174. The van der Waals surface area contributed by atoms with E-state index < -0.39 is 10.0 Å². The average molecular weight is 359 g/mol. The van der Waals surface area contributed by atoms with Crippen molar-refractivity contribution in [2.75, 3.05) is 19.1 Å². The van der Waals surface area contributed by atoms with Crippen molar-refractivity contribution < 1.29 is 17.9 Å². The molecule has 0 aliphatic carbocycles. The predicted octanol–water partition coefficient (Wildman–Crippen LogP) is 3.10. The van der Waals surface area contributed by atoms with Crippen molar-refractivity contribution in [1.29, 1.82) is 0 Å². The summed E-state index contributed by atoms with van der Waals surface area (Å²) in [6.45, 7) is 2.59. The SMILES string of the molecule is CCCS(=O)(=O)N1CCc2cc3c(cc2C1c1ccccc1)OCO3. The van der Waals surface area contributed by atoms with Crippen molar-refractivity contribution in [3.8, 4) is 11.5 Å². The maximum absolute atomic E-state index is 12.9. The van der Waals surface area contributed by atoms with Crippen LogP contribution >= 0.6 is 0 Å². The standard InChI is InChI=1S/C19H21NO4S/c1-2-10-25(21,22)20-9-8-15-11-17-18(24-13-23-17)12-16(15)19(20)14-6-4-3-5-7-14/h3-7,11-12,19H,2,8-10,13H2,1H3. The van der Waals surface area contributed by atoms with Crippen LogP contribution in [0, 0.1) is 0 Å². The zero-order valence-corrected chi connectivity index (χ0v) is 15.0. The summed E-state index contributed by atoms with van der Waals surface area (Å²) in [4.78, 5) is 0. The zero-order chi connectivity index (χ0) is 17.4. The molecule has 1 unspecified atom stereocenters. The molecule has 0 amide bonds. The fourth-order valence-electron chi connectivity index (χ4n) is 3.64. The second-order valence-electron chi connectivity index (χ2n) is 6.39. The number of benzene rings is 2. The van der Waals surface area contributed by atoms with Gasteiger partial charge in [0.15, 0.2) is 11.5 Å². The number of hydrogen-bond acceptors (Lipinski definition) is 4. The van der Waals surface area contributed by atoms with Crippen LogP contribution in [0.2, 0.25) is 0 Å². The summed E-state index contributed by atoms with van der Waals surface area (Å²) < 4.78 is 38.4. The summed E-state index contributed by atoms with van der Waals surface area (Å²) in [5.41, 5.74) is 3.09. The predicted molar refractivity (Wildman–Crippen MR) is 95.3 cm³/mol. The number of rotatable bonds is 4. The average Bonchev–Trinajstić information content (AvgIpc) is 3.06. The first-order chi connectivity index (χ1) is 12.1. The Morgan fingerprint density at radius 2 is 1.84 bits per heavy atom. The van der Waals surface area contributed by atoms with Crippen molar-refractivity contribution in [1.82, 2.24) is 4.31 Å². The molecule has 2 heterocycles. The van der Waals surface area contributed by atoms with Gasteiger partial charge < -0.3 is 9.47 Å². The molecule has 25 heavy (non-hydrogen) atoms. The highest BCUT2D eigenvalue weighted by Crippen LogP contribution is 2.43. The molecule has 6 heteroatoms. The molecule has 2 aliphatic heterocycles. The Morgan fingerprint density at radius 3 is 2.56 bits per heavy atom. The maximum atomic E-state index is 12.9. The molecule has 4 rings (SSSR count). The second kappa shape index (κ2) is 6.35. The van der Waals surface area contributed by atoms with Crippen molar-refractivity contribution in [2.45, 2.75) is 25.8 Å². The van der Waals surface area contributed by atoms with Gasteiger partial charge >= 0.3 is 0 Å². The molecule has 0 saturated carbocycles. The zero-order valence-electron chi connectivity index (χ0n) is 14.1. The molecule has 2 aromatic carbocycles. The molecule has 0 bridgehead atoms. The van der Waals surface area contributed by atoms with E-state index in [4.69, 9.17) is 9.47 Å². The van der Waals surface area contributed by atoms with E-state index in [1.807, 2.05) is 49.4 Å². The molecular formula is C19H21NO4S. The third-order valence-electron chi connectivity index (χ3n) is 4.75. The molecule has 0 fully saturated rings. The van der Waals surface area contributed by atoms with Gasteiger partial charge in [0.25, 0.3) is 0 Å². The Kier molecular flexibility index (Phi) is 4.17. The van der Waals surface area contributed by atoms with E-state index in [0.717, 1.165) is 22.4 Å². The van der Waals surface area contributed by atoms with Crippen LogP contribution in [-0.2, 0) is 16.4 Å². The van der Waals surface area contributed by atoms with E-state index in [0.29, 0.717) is 25.1 Å². The van der Waals surface area contributed by atoms with Gasteiger partial charge in [-0.05, 0) is 41.7 Å². The van der Waals surface area contributed by atoms with Crippen LogP contribution in [0.25, 0.3) is 0 Å². The maximum Gasteiger partial charge on any atom is 0.231 e. The van der Waals surface area contributed by atoms with Crippen LogP contribution in [0.4, 0.5) is 0 Å². The Balaban J connectivity index is 1.86. The van der Waals surface area contributed by atoms with Gasteiger partial charge in [0.1, 0.15) is 0 Å². The van der Waals surface area contributed by atoms with Gasteiger partial charge in [0, 0.05) is 6.54 Å². The molecule has 0 N–H and O–H groups in total. The van der Waals surface area contributed by atoms with Crippen LogP contribution in [0.1, 0.15) is 36.1 Å². The van der Waals surface area contributed by atoms with E-state index in [-0.39, 0.29) is 18.6 Å². The Hall–Kier alpha value is -2.05. The summed E-state index contributed by atoms with van der Waals surface area (Å²) >= 11 is 0. The Morgan fingerprint density at radius 1 is 1.12 bits per heavy atom. The van der Waals surface area contributed by atoms with Crippen molar-refractivity contribution in [2.24, 2.45) is 0 Å². The second-order valence-corrected chi connectivity index (χ2v) is 8.44. The first-order valence-corrected chi connectivity index (χ1v) is 10.2. The molecule has 132 valence electrons. The van der Waals surface area contributed by atoms with Gasteiger partial charge in [-0.15, -0.1) is 0 Å². The van der Waals surface area contributed by atoms with Gasteiger partial charge in [-0.3, -0.25) is 0 Å². The molecule has 0 radical (unpaired) electrons. The lowest BCUT2D eigenvalue weighted by atomic mass is 9.89. The highest BCUT2D eigenvalue weighted by atomic mass is 32.2. The molecule has 2 aromatic rings. The van der Waals surface area contributed by atoms with Crippen LogP contribution in [-0.4, -0.2) is 31.8 Å². The largest absolute Gasteiger partial charge is 0.454 e. The number of sulfonamides is 1. The van der Waals surface area contributed by atoms with Crippen molar-refractivity contribution in [3.63, 3.8) is 0 Å². The molecule has 1 atom stereocenters. The summed E-state index contributed by atoms with van der Waals surface area (Å²) in [6.07, 6.45) is 1.28. The number of fused-ring (bicyclic) bond motifs is 2. The monoisotopic (exact) mass is 359 g/mol. The molecule has 0 saturated heterocycles. The van der Waals surface area contributed by atoms with Gasteiger partial charge in [-0.1, -0.05) is 37.3 Å². The summed E-state index contributed by atoms with van der Waals surface area (Å²) in [5, 5.41) is 0. The fourth-order valence-corrected chi connectivity index (χ4v) is 5.32. The summed E-state index contributed by atoms with van der Waals surface area (Å²) in [6, 6.07) is 13.4. The molecular weight excluding hydrogens is 338 g/mol. The Labute approximate surface area is 148 Å². The number of nitrogens with zero attached hydrogens (tertiary/aromatic N) is 1. The van der Waals surface area contributed by atoms with Crippen molar-refractivity contribution >= 4 is 10.0 Å². The molecule has 0 spiro atoms. The highest BCUT2D eigenvalue weighted by Gasteiger charge is 2.37. The Bertz CT molecular complexity index is 880. The van der Waals surface area contributed by atoms with E-state index >= 15 is 0 Å². The minimum atomic E-state index is -3.33. The summed E-state index contributed by atoms with van der Waals surface area (Å²) in [5.74, 6) is 1.60. The van der Waals surface area contributed by atoms with Crippen LogP contribution in [0.5, 0.6) is 11.5 Å². The molecule has 2 aliphatic rings. The van der Waals surface area contributed by atoms with E-state index in [1.165, 1.54) is 0 Å². The first kappa shape index (κ1) is 16.4. The van der Waals surface area contributed by atoms with E-state index in [1.54, 1.807) is 4.31 Å². The minimum absolute atomic E-state index is 0.163. The van der Waals surface area contributed by atoms with Gasteiger partial charge in [-0.25, -0.2) is 8.42 Å². The fraction of sp³-hybridized carbons (Fsp3) is 0.368. The lowest BCUT2D eigenvalue weighted by Crippen LogP contribution is -2.41. The topological polar surface area (TPSA) is 55.8 Å². The number of ether oxygens (including phenoxy) is 2. The number of hydrogen-bond donors (Lipinski definition) is 0. The van der Waals surface area contributed by atoms with Gasteiger partial charge in [-0.2, -0.15) is 4.31 Å². The van der Waals surface area contributed by atoms with E-state index in [2.05, 4.69) is 0 Å².